The van der Waals surface area contributed by atoms with Gasteiger partial charge >= 0.3 is 5.97 Å². The zero-order chi connectivity index (χ0) is 16.4. The monoisotopic (exact) mass is 330 g/mol. The van der Waals surface area contributed by atoms with Crippen LogP contribution in [0.4, 0.5) is 5.69 Å². The number of nitrogens with one attached hydrogen (secondary N) is 1. The predicted molar refractivity (Wildman–Crippen MR) is 89.2 cm³/mol. The number of amides is 1. The zero-order valence-electron chi connectivity index (χ0n) is 13.1. The van der Waals surface area contributed by atoms with Gasteiger partial charge < -0.3 is 10.1 Å². The topological polar surface area (TPSA) is 68.3 Å². The van der Waals surface area contributed by atoms with E-state index in [0.29, 0.717) is 22.0 Å². The lowest BCUT2D eigenvalue weighted by molar-refractivity contribution is 0.0600. The van der Waals surface area contributed by atoms with Gasteiger partial charge in [0.2, 0.25) is 0 Å². The molecule has 1 aromatic heterocycles. The molecule has 2 aromatic rings. The maximum Gasteiger partial charge on any atom is 0.337 e. The Morgan fingerprint density at radius 1 is 1.39 bits per heavy atom. The Balaban J connectivity index is 1.81. The smallest absolute Gasteiger partial charge is 0.337 e. The maximum absolute atomic E-state index is 12.4. The van der Waals surface area contributed by atoms with Crippen LogP contribution in [0.15, 0.2) is 24.4 Å². The third-order valence-electron chi connectivity index (χ3n) is 3.83. The second-order valence-electron chi connectivity index (χ2n) is 5.51. The molecule has 5 nitrogen and oxygen atoms in total. The molecule has 6 heteroatoms. The Bertz CT molecular complexity index is 750. The Morgan fingerprint density at radius 2 is 2.17 bits per heavy atom. The number of ether oxygens (including phenoxy) is 1. The summed E-state index contributed by atoms with van der Waals surface area (Å²) in [5, 5.41) is 3.93. The highest BCUT2D eigenvalue weighted by atomic mass is 32.1. The maximum atomic E-state index is 12.4. The fourth-order valence-electron chi connectivity index (χ4n) is 2.34. The molecule has 1 heterocycles. The predicted octanol–water partition coefficient (Wildman–Crippen LogP) is 3.62. The molecule has 1 amide bonds. The summed E-state index contributed by atoms with van der Waals surface area (Å²) in [5.41, 5.74) is 2.03. The van der Waals surface area contributed by atoms with Crippen molar-refractivity contribution < 1.29 is 14.3 Å². The first-order chi connectivity index (χ1) is 11.1. The normalized spacial score (nSPS) is 13.7. The van der Waals surface area contributed by atoms with Crippen molar-refractivity contribution >= 4 is 28.9 Å². The van der Waals surface area contributed by atoms with E-state index in [1.807, 2.05) is 13.0 Å². The Labute approximate surface area is 138 Å². The molecule has 0 atom stereocenters. The summed E-state index contributed by atoms with van der Waals surface area (Å²) in [4.78, 5) is 29.0. The number of carbonyl (C=O) groups excluding carboxylic acids is 2. The van der Waals surface area contributed by atoms with E-state index in [2.05, 4.69) is 10.3 Å². The number of hydrogen-bond acceptors (Lipinski definition) is 5. The highest BCUT2D eigenvalue weighted by Crippen LogP contribution is 2.41. The third-order valence-corrected chi connectivity index (χ3v) is 4.99. The molecule has 0 spiro atoms. The summed E-state index contributed by atoms with van der Waals surface area (Å²) < 4.78 is 4.73. The minimum atomic E-state index is -0.419. The molecule has 1 aromatic carbocycles. The van der Waals surface area contributed by atoms with Crippen molar-refractivity contribution in [2.45, 2.75) is 32.1 Å². The van der Waals surface area contributed by atoms with E-state index in [4.69, 9.17) is 4.74 Å². The average Bonchev–Trinajstić information content (AvgIpc) is 3.30. The van der Waals surface area contributed by atoms with Gasteiger partial charge in [-0.2, -0.15) is 0 Å². The quantitative estimate of drug-likeness (QED) is 0.850. The van der Waals surface area contributed by atoms with Crippen molar-refractivity contribution in [3.05, 3.63) is 45.4 Å². The Morgan fingerprint density at radius 3 is 2.83 bits per heavy atom. The van der Waals surface area contributed by atoms with Crippen LogP contribution in [0.2, 0.25) is 0 Å². The van der Waals surface area contributed by atoms with Gasteiger partial charge in [-0.15, -0.1) is 11.3 Å². The average molecular weight is 330 g/mol. The van der Waals surface area contributed by atoms with Crippen LogP contribution >= 0.6 is 11.3 Å². The van der Waals surface area contributed by atoms with Crippen molar-refractivity contribution in [2.75, 3.05) is 12.4 Å². The molecule has 0 aliphatic heterocycles. The molecule has 0 radical (unpaired) electrons. The van der Waals surface area contributed by atoms with Crippen LogP contribution in [0.3, 0.4) is 0 Å². The second kappa shape index (κ2) is 6.50. The molecule has 0 bridgehead atoms. The van der Waals surface area contributed by atoms with Gasteiger partial charge in [0.1, 0.15) is 4.88 Å². The Kier molecular flexibility index (Phi) is 4.43. The number of anilines is 1. The van der Waals surface area contributed by atoms with E-state index < -0.39 is 5.97 Å². The first kappa shape index (κ1) is 15.7. The number of benzene rings is 1. The van der Waals surface area contributed by atoms with Crippen molar-refractivity contribution in [2.24, 2.45) is 0 Å². The lowest BCUT2D eigenvalue weighted by Crippen LogP contribution is -2.13. The van der Waals surface area contributed by atoms with E-state index in [1.54, 1.807) is 18.3 Å². The second-order valence-corrected chi connectivity index (χ2v) is 6.57. The van der Waals surface area contributed by atoms with E-state index in [9.17, 15) is 9.59 Å². The van der Waals surface area contributed by atoms with E-state index in [-0.39, 0.29) is 5.91 Å². The largest absolute Gasteiger partial charge is 0.465 e. The van der Waals surface area contributed by atoms with Crippen LogP contribution < -0.4 is 5.32 Å². The van der Waals surface area contributed by atoms with Crippen molar-refractivity contribution in [3.8, 4) is 0 Å². The van der Waals surface area contributed by atoms with Crippen LogP contribution in [-0.2, 0) is 11.2 Å². The fourth-order valence-corrected chi connectivity index (χ4v) is 3.32. The summed E-state index contributed by atoms with van der Waals surface area (Å²) in [6.45, 7) is 2.00. The number of nitrogens with zero attached hydrogens (tertiary/aromatic N) is 1. The van der Waals surface area contributed by atoms with Crippen molar-refractivity contribution in [3.63, 3.8) is 0 Å². The number of hydrogen-bond donors (Lipinski definition) is 1. The molecule has 120 valence electrons. The third kappa shape index (κ3) is 3.42. The minimum Gasteiger partial charge on any atom is -0.465 e. The Hall–Kier alpha value is -2.21. The van der Waals surface area contributed by atoms with Crippen LogP contribution in [0.25, 0.3) is 0 Å². The standard InChI is InChI=1S/C17H18N2O3S/c1-3-10-4-7-12(17(21)22-2)8-13(10)19-15(20)14-9-18-16(23-14)11-5-6-11/h4,7-9,11H,3,5-6H2,1-2H3,(H,19,20). The fraction of sp³-hybridized carbons (Fsp3) is 0.353. The number of carbonyl (C=O) groups is 2. The van der Waals surface area contributed by atoms with E-state index >= 15 is 0 Å². The van der Waals surface area contributed by atoms with Crippen LogP contribution in [0.5, 0.6) is 0 Å². The molecule has 0 unspecified atom stereocenters. The van der Waals surface area contributed by atoms with Crippen molar-refractivity contribution in [1.82, 2.24) is 4.98 Å². The number of aromatic nitrogens is 1. The van der Waals surface area contributed by atoms with Crippen molar-refractivity contribution in [1.29, 1.82) is 0 Å². The van der Waals surface area contributed by atoms with Crippen LogP contribution in [0.1, 0.15) is 56.3 Å². The van der Waals surface area contributed by atoms with Gasteiger partial charge in [-0.3, -0.25) is 4.79 Å². The van der Waals surface area contributed by atoms with Gasteiger partial charge in [0.15, 0.2) is 0 Å². The molecule has 0 saturated heterocycles. The first-order valence-electron chi connectivity index (χ1n) is 7.60. The highest BCUT2D eigenvalue weighted by Gasteiger charge is 2.27. The lowest BCUT2D eigenvalue weighted by Gasteiger charge is -2.10. The molecule has 1 aliphatic carbocycles. The summed E-state index contributed by atoms with van der Waals surface area (Å²) in [6, 6.07) is 5.20. The number of esters is 1. The summed E-state index contributed by atoms with van der Waals surface area (Å²) >= 11 is 1.44. The molecule has 1 N–H and O–H groups in total. The molecular formula is C17H18N2O3S. The lowest BCUT2D eigenvalue weighted by atomic mass is 10.1. The van der Waals surface area contributed by atoms with Gasteiger partial charge in [0, 0.05) is 11.6 Å². The van der Waals surface area contributed by atoms with Gasteiger partial charge in [0.25, 0.3) is 5.91 Å². The molecule has 23 heavy (non-hydrogen) atoms. The minimum absolute atomic E-state index is 0.189. The molecule has 1 saturated carbocycles. The molecular weight excluding hydrogens is 312 g/mol. The number of rotatable bonds is 5. The van der Waals surface area contributed by atoms with E-state index in [1.165, 1.54) is 18.4 Å². The molecule has 1 aliphatic rings. The summed E-state index contributed by atoms with van der Waals surface area (Å²) in [5.74, 6) is -0.0708. The van der Waals surface area contributed by atoms with Crippen LogP contribution in [0, 0.1) is 0 Å². The SMILES string of the molecule is CCc1ccc(C(=O)OC)cc1NC(=O)c1cnc(C2CC2)s1. The number of thiazole rings is 1. The summed E-state index contributed by atoms with van der Waals surface area (Å²) in [6.07, 6.45) is 4.71. The number of methoxy groups -OCH3 is 1. The number of aryl methyl sites for hydroxylation is 1. The first-order valence-corrected chi connectivity index (χ1v) is 8.42. The summed E-state index contributed by atoms with van der Waals surface area (Å²) in [7, 11) is 1.34. The van der Waals surface area contributed by atoms with Gasteiger partial charge in [-0.05, 0) is 37.0 Å². The van der Waals surface area contributed by atoms with Crippen LogP contribution in [-0.4, -0.2) is 24.0 Å². The highest BCUT2D eigenvalue weighted by molar-refractivity contribution is 7.13. The molecule has 1 fully saturated rings. The van der Waals surface area contributed by atoms with Gasteiger partial charge in [0.05, 0.1) is 23.9 Å². The zero-order valence-corrected chi connectivity index (χ0v) is 13.9. The molecule has 3 rings (SSSR count). The van der Waals surface area contributed by atoms with E-state index in [0.717, 1.165) is 29.8 Å². The van der Waals surface area contributed by atoms with Gasteiger partial charge in [-0.25, -0.2) is 9.78 Å². The van der Waals surface area contributed by atoms with Gasteiger partial charge in [-0.1, -0.05) is 13.0 Å².